The fraction of sp³-hybridized carbons (Fsp3) is 0.714. The molecule has 1 N–H and O–H groups in total. The monoisotopic (exact) mass is 297 g/mol. The van der Waals surface area contributed by atoms with Crippen molar-refractivity contribution in [3.05, 3.63) is 16.1 Å². The summed E-state index contributed by atoms with van der Waals surface area (Å²) in [6.07, 6.45) is 1.03. The highest BCUT2D eigenvalue weighted by atomic mass is 32.1. The van der Waals surface area contributed by atoms with Crippen LogP contribution in [0.4, 0.5) is 0 Å². The Hall–Kier alpha value is -0.980. The summed E-state index contributed by atoms with van der Waals surface area (Å²) in [6, 6.07) is 0. The Bertz CT molecular complexity index is 439. The zero-order valence-corrected chi connectivity index (χ0v) is 13.0. The van der Waals surface area contributed by atoms with Crippen LogP contribution in [0.1, 0.15) is 24.5 Å². The van der Waals surface area contributed by atoms with Crippen molar-refractivity contribution in [2.24, 2.45) is 0 Å². The summed E-state index contributed by atoms with van der Waals surface area (Å²) in [7, 11) is 0. The molecule has 1 aliphatic rings. The van der Waals surface area contributed by atoms with Gasteiger partial charge in [0.2, 0.25) is 5.91 Å². The van der Waals surface area contributed by atoms with Crippen molar-refractivity contribution in [3.63, 3.8) is 0 Å². The van der Waals surface area contributed by atoms with Gasteiger partial charge in [0.25, 0.3) is 0 Å². The highest BCUT2D eigenvalue weighted by Crippen LogP contribution is 2.12. The molecule has 1 aliphatic heterocycles. The first kappa shape index (κ1) is 15.4. The number of rotatable bonds is 5. The number of aliphatic hydroxyl groups excluding tert-OH is 1. The maximum atomic E-state index is 12.2. The van der Waals surface area contributed by atoms with E-state index in [-0.39, 0.29) is 12.0 Å². The van der Waals surface area contributed by atoms with E-state index in [1.165, 1.54) is 0 Å². The number of piperazine rings is 1. The molecule has 112 valence electrons. The highest BCUT2D eigenvalue weighted by molar-refractivity contribution is 7.09. The molecule has 0 saturated carbocycles. The lowest BCUT2D eigenvalue weighted by Gasteiger charge is -2.35. The summed E-state index contributed by atoms with van der Waals surface area (Å²) in [5.41, 5.74) is 0.892. The van der Waals surface area contributed by atoms with Crippen LogP contribution in [0.25, 0.3) is 0 Å². The quantitative estimate of drug-likeness (QED) is 0.872. The molecule has 2 heterocycles. The first-order valence-corrected chi connectivity index (χ1v) is 8.08. The van der Waals surface area contributed by atoms with Crippen LogP contribution in [0.15, 0.2) is 5.38 Å². The van der Waals surface area contributed by atoms with Crippen LogP contribution in [0.5, 0.6) is 0 Å². The summed E-state index contributed by atoms with van der Waals surface area (Å²) < 4.78 is 0. The van der Waals surface area contributed by atoms with Crippen LogP contribution < -0.4 is 0 Å². The SMILES string of the molecule is CCc1nc(CC(=O)N2CCN(CC(C)O)CC2)cs1. The van der Waals surface area contributed by atoms with E-state index in [2.05, 4.69) is 16.8 Å². The summed E-state index contributed by atoms with van der Waals surface area (Å²) in [5, 5.41) is 12.4. The third kappa shape index (κ3) is 4.26. The number of aromatic nitrogens is 1. The van der Waals surface area contributed by atoms with E-state index in [4.69, 9.17) is 0 Å². The number of carbonyl (C=O) groups excluding carboxylic acids is 1. The Kier molecular flexibility index (Phi) is 5.51. The summed E-state index contributed by atoms with van der Waals surface area (Å²) >= 11 is 1.63. The number of thiazole rings is 1. The van der Waals surface area contributed by atoms with Gasteiger partial charge in [0, 0.05) is 38.1 Å². The molecule has 0 aromatic carbocycles. The van der Waals surface area contributed by atoms with Gasteiger partial charge < -0.3 is 10.0 Å². The molecule has 1 aromatic rings. The molecule has 0 spiro atoms. The number of hydrogen-bond acceptors (Lipinski definition) is 5. The fourth-order valence-corrected chi connectivity index (χ4v) is 3.16. The second-order valence-electron chi connectivity index (χ2n) is 5.29. The first-order chi connectivity index (χ1) is 9.58. The lowest BCUT2D eigenvalue weighted by atomic mass is 10.2. The molecular weight excluding hydrogens is 274 g/mol. The number of aryl methyl sites for hydroxylation is 1. The molecule has 1 atom stereocenters. The third-order valence-corrected chi connectivity index (χ3v) is 4.52. The van der Waals surface area contributed by atoms with Gasteiger partial charge in [-0.3, -0.25) is 9.69 Å². The molecule has 6 heteroatoms. The van der Waals surface area contributed by atoms with Gasteiger partial charge in [0.1, 0.15) is 0 Å². The number of nitrogens with zero attached hydrogens (tertiary/aromatic N) is 3. The van der Waals surface area contributed by atoms with Crippen molar-refractivity contribution < 1.29 is 9.90 Å². The van der Waals surface area contributed by atoms with Crippen LogP contribution in [0, 0.1) is 0 Å². The number of amides is 1. The molecule has 1 fully saturated rings. The Morgan fingerprint density at radius 2 is 2.15 bits per heavy atom. The summed E-state index contributed by atoms with van der Waals surface area (Å²) in [4.78, 5) is 20.8. The lowest BCUT2D eigenvalue weighted by molar-refractivity contribution is -0.132. The normalized spacial score (nSPS) is 18.2. The van der Waals surface area contributed by atoms with Gasteiger partial charge in [-0.15, -0.1) is 11.3 Å². The average Bonchev–Trinajstić information content (AvgIpc) is 2.86. The molecule has 0 bridgehead atoms. The molecule has 1 amide bonds. The second kappa shape index (κ2) is 7.15. The van der Waals surface area contributed by atoms with Crippen LogP contribution in [-0.2, 0) is 17.6 Å². The van der Waals surface area contributed by atoms with E-state index in [0.717, 1.165) is 43.3 Å². The Morgan fingerprint density at radius 3 is 2.70 bits per heavy atom. The van der Waals surface area contributed by atoms with Gasteiger partial charge >= 0.3 is 0 Å². The van der Waals surface area contributed by atoms with Crippen molar-refractivity contribution >= 4 is 17.2 Å². The minimum absolute atomic E-state index is 0.162. The fourth-order valence-electron chi connectivity index (χ4n) is 2.41. The van der Waals surface area contributed by atoms with Crippen LogP contribution in [0.2, 0.25) is 0 Å². The number of aliphatic hydroxyl groups is 1. The van der Waals surface area contributed by atoms with E-state index in [9.17, 15) is 9.90 Å². The van der Waals surface area contributed by atoms with E-state index in [1.807, 2.05) is 10.3 Å². The third-order valence-electron chi connectivity index (χ3n) is 3.48. The molecule has 0 aliphatic carbocycles. The maximum absolute atomic E-state index is 12.2. The Balaban J connectivity index is 1.79. The highest BCUT2D eigenvalue weighted by Gasteiger charge is 2.22. The number of carbonyl (C=O) groups is 1. The average molecular weight is 297 g/mol. The maximum Gasteiger partial charge on any atom is 0.228 e. The van der Waals surface area contributed by atoms with Gasteiger partial charge in [0.05, 0.1) is 23.2 Å². The predicted molar refractivity (Wildman–Crippen MR) is 79.9 cm³/mol. The molecule has 0 radical (unpaired) electrons. The van der Waals surface area contributed by atoms with Gasteiger partial charge in [0.15, 0.2) is 0 Å². The van der Waals surface area contributed by atoms with Gasteiger partial charge in [-0.05, 0) is 13.3 Å². The standard InChI is InChI=1S/C14H23N3O2S/c1-3-13-15-12(10-20-13)8-14(19)17-6-4-16(5-7-17)9-11(2)18/h10-11,18H,3-9H2,1-2H3. The van der Waals surface area contributed by atoms with Crippen molar-refractivity contribution in [1.82, 2.24) is 14.8 Å². The van der Waals surface area contributed by atoms with E-state index in [1.54, 1.807) is 18.3 Å². The zero-order chi connectivity index (χ0) is 14.5. The smallest absolute Gasteiger partial charge is 0.228 e. The van der Waals surface area contributed by atoms with Crippen molar-refractivity contribution in [2.75, 3.05) is 32.7 Å². The number of β-amino-alcohol motifs (C(OH)–C–C–N with tert-alkyl or cyclic N) is 1. The second-order valence-corrected chi connectivity index (χ2v) is 6.24. The molecule has 5 nitrogen and oxygen atoms in total. The van der Waals surface area contributed by atoms with Crippen molar-refractivity contribution in [1.29, 1.82) is 0 Å². The van der Waals surface area contributed by atoms with E-state index < -0.39 is 0 Å². The molecular formula is C14H23N3O2S. The first-order valence-electron chi connectivity index (χ1n) is 7.20. The Labute approximate surface area is 124 Å². The van der Waals surface area contributed by atoms with Gasteiger partial charge in [-0.1, -0.05) is 6.92 Å². The molecule has 1 saturated heterocycles. The zero-order valence-electron chi connectivity index (χ0n) is 12.2. The van der Waals surface area contributed by atoms with E-state index >= 15 is 0 Å². The predicted octanol–water partition coefficient (Wildman–Crippen LogP) is 0.773. The molecule has 1 unspecified atom stereocenters. The largest absolute Gasteiger partial charge is 0.392 e. The minimum Gasteiger partial charge on any atom is -0.392 e. The summed E-state index contributed by atoms with van der Waals surface area (Å²) in [5.74, 6) is 0.162. The number of hydrogen-bond donors (Lipinski definition) is 1. The lowest BCUT2D eigenvalue weighted by Crippen LogP contribution is -2.50. The molecule has 20 heavy (non-hydrogen) atoms. The van der Waals surface area contributed by atoms with Crippen LogP contribution in [-0.4, -0.2) is 64.6 Å². The molecule has 1 aromatic heterocycles. The Morgan fingerprint density at radius 1 is 1.45 bits per heavy atom. The van der Waals surface area contributed by atoms with Crippen molar-refractivity contribution in [2.45, 2.75) is 32.8 Å². The van der Waals surface area contributed by atoms with Crippen molar-refractivity contribution in [3.8, 4) is 0 Å². The van der Waals surface area contributed by atoms with E-state index in [0.29, 0.717) is 13.0 Å². The summed E-state index contributed by atoms with van der Waals surface area (Å²) in [6.45, 7) is 7.74. The van der Waals surface area contributed by atoms with Gasteiger partial charge in [-0.25, -0.2) is 4.98 Å². The topological polar surface area (TPSA) is 56.7 Å². The minimum atomic E-state index is -0.306. The van der Waals surface area contributed by atoms with Gasteiger partial charge in [-0.2, -0.15) is 0 Å². The van der Waals surface area contributed by atoms with Crippen LogP contribution >= 0.6 is 11.3 Å². The molecule has 2 rings (SSSR count). The van der Waals surface area contributed by atoms with Crippen LogP contribution in [0.3, 0.4) is 0 Å².